The molecule has 0 aromatic heterocycles. The number of nitrogens with zero attached hydrogens (tertiary/aromatic N) is 1. The van der Waals surface area contributed by atoms with Crippen molar-refractivity contribution in [3.8, 4) is 5.75 Å². The lowest BCUT2D eigenvalue weighted by Crippen LogP contribution is -2.57. The van der Waals surface area contributed by atoms with Gasteiger partial charge in [0.2, 0.25) is 5.91 Å². The van der Waals surface area contributed by atoms with Crippen LogP contribution in [0.25, 0.3) is 0 Å². The van der Waals surface area contributed by atoms with E-state index in [9.17, 15) is 9.59 Å². The molecule has 5 heteroatoms. The quantitative estimate of drug-likeness (QED) is 0.630. The highest BCUT2D eigenvalue weighted by atomic mass is 16.6. The molecule has 1 aliphatic rings. The molecule has 1 fully saturated rings. The summed E-state index contributed by atoms with van der Waals surface area (Å²) in [4.78, 5) is 25.3. The van der Waals surface area contributed by atoms with Crippen LogP contribution in [0.3, 0.4) is 0 Å². The summed E-state index contributed by atoms with van der Waals surface area (Å²) in [6.07, 6.45) is 0.227. The molecule has 1 heterocycles. The molecule has 114 valence electrons. The van der Waals surface area contributed by atoms with Crippen LogP contribution in [0.15, 0.2) is 24.3 Å². The molecule has 5 nitrogen and oxygen atoms in total. The van der Waals surface area contributed by atoms with Gasteiger partial charge in [-0.15, -0.1) is 0 Å². The first-order valence-corrected chi connectivity index (χ1v) is 6.95. The third kappa shape index (κ3) is 3.74. The van der Waals surface area contributed by atoms with Gasteiger partial charge in [0.15, 0.2) is 0 Å². The van der Waals surface area contributed by atoms with Gasteiger partial charge in [0, 0.05) is 6.54 Å². The fourth-order valence-electron chi connectivity index (χ4n) is 2.16. The molecule has 21 heavy (non-hydrogen) atoms. The van der Waals surface area contributed by atoms with E-state index in [2.05, 4.69) is 0 Å². The number of carbonyl (C=O) groups is 2. The SMILES string of the molecule is COc1ccc(CN2C(=O)CC2C(=O)OC(C)(C)C)cc1. The second kappa shape index (κ2) is 5.76. The molecule has 1 unspecified atom stereocenters. The molecule has 0 radical (unpaired) electrons. The normalized spacial score (nSPS) is 18.2. The maximum atomic E-state index is 12.1. The van der Waals surface area contributed by atoms with E-state index >= 15 is 0 Å². The number of hydrogen-bond donors (Lipinski definition) is 0. The van der Waals surface area contributed by atoms with Crippen molar-refractivity contribution < 1.29 is 19.1 Å². The Morgan fingerprint density at radius 1 is 1.29 bits per heavy atom. The molecule has 2 rings (SSSR count). The average molecular weight is 291 g/mol. The van der Waals surface area contributed by atoms with Crippen LogP contribution >= 0.6 is 0 Å². The van der Waals surface area contributed by atoms with Gasteiger partial charge in [-0.3, -0.25) is 4.79 Å². The van der Waals surface area contributed by atoms with Crippen LogP contribution < -0.4 is 4.74 Å². The van der Waals surface area contributed by atoms with Gasteiger partial charge in [-0.2, -0.15) is 0 Å². The van der Waals surface area contributed by atoms with Crippen LogP contribution in [0.4, 0.5) is 0 Å². The van der Waals surface area contributed by atoms with E-state index in [4.69, 9.17) is 9.47 Å². The summed E-state index contributed by atoms with van der Waals surface area (Å²) in [7, 11) is 1.60. The summed E-state index contributed by atoms with van der Waals surface area (Å²) >= 11 is 0. The van der Waals surface area contributed by atoms with Crippen LogP contribution in [-0.4, -0.2) is 35.5 Å². The number of esters is 1. The fourth-order valence-corrected chi connectivity index (χ4v) is 2.16. The zero-order chi connectivity index (χ0) is 15.6. The smallest absolute Gasteiger partial charge is 0.329 e. The minimum absolute atomic E-state index is 0.0262. The summed E-state index contributed by atoms with van der Waals surface area (Å²) in [5.74, 6) is 0.398. The van der Waals surface area contributed by atoms with Crippen LogP contribution in [0.5, 0.6) is 5.75 Å². The summed E-state index contributed by atoms with van der Waals surface area (Å²) in [5, 5.41) is 0. The maximum Gasteiger partial charge on any atom is 0.329 e. The Hall–Kier alpha value is -2.04. The third-order valence-electron chi connectivity index (χ3n) is 3.26. The van der Waals surface area contributed by atoms with Crippen LogP contribution in [0.2, 0.25) is 0 Å². The lowest BCUT2D eigenvalue weighted by Gasteiger charge is -2.39. The largest absolute Gasteiger partial charge is 0.497 e. The molecule has 0 N–H and O–H groups in total. The van der Waals surface area contributed by atoms with Gasteiger partial charge in [-0.25, -0.2) is 4.79 Å². The van der Waals surface area contributed by atoms with E-state index in [0.29, 0.717) is 6.54 Å². The first-order valence-electron chi connectivity index (χ1n) is 6.95. The summed E-state index contributed by atoms with van der Waals surface area (Å²) in [6, 6.07) is 6.97. The molecule has 1 amide bonds. The van der Waals surface area contributed by atoms with E-state index in [1.54, 1.807) is 12.0 Å². The van der Waals surface area contributed by atoms with E-state index in [0.717, 1.165) is 11.3 Å². The van der Waals surface area contributed by atoms with Gasteiger partial charge >= 0.3 is 5.97 Å². The number of benzene rings is 1. The Morgan fingerprint density at radius 3 is 2.38 bits per heavy atom. The summed E-state index contributed by atoms with van der Waals surface area (Å²) in [5.41, 5.74) is 0.416. The predicted molar refractivity (Wildman–Crippen MR) is 77.8 cm³/mol. The van der Waals surface area contributed by atoms with Crippen molar-refractivity contribution in [1.29, 1.82) is 0 Å². The Morgan fingerprint density at radius 2 is 1.90 bits per heavy atom. The maximum absolute atomic E-state index is 12.1. The molecule has 1 aromatic carbocycles. The Labute approximate surface area is 124 Å². The summed E-state index contributed by atoms with van der Waals surface area (Å²) < 4.78 is 10.4. The van der Waals surface area contributed by atoms with E-state index in [1.807, 2.05) is 45.0 Å². The number of methoxy groups -OCH3 is 1. The zero-order valence-corrected chi connectivity index (χ0v) is 12.9. The van der Waals surface area contributed by atoms with Crippen molar-refractivity contribution in [2.24, 2.45) is 0 Å². The highest BCUT2D eigenvalue weighted by molar-refractivity contribution is 5.95. The van der Waals surface area contributed by atoms with Crippen LogP contribution in [-0.2, 0) is 20.9 Å². The summed E-state index contributed by atoms with van der Waals surface area (Å²) in [6.45, 7) is 5.87. The van der Waals surface area contributed by atoms with Crippen molar-refractivity contribution in [3.63, 3.8) is 0 Å². The van der Waals surface area contributed by atoms with Gasteiger partial charge in [-0.05, 0) is 38.5 Å². The number of likely N-dealkylation sites (tertiary alicyclic amines) is 1. The van der Waals surface area contributed by atoms with Gasteiger partial charge in [0.05, 0.1) is 13.5 Å². The van der Waals surface area contributed by atoms with Crippen molar-refractivity contribution in [3.05, 3.63) is 29.8 Å². The molecule has 1 aliphatic heterocycles. The number of β-lactam (4-membered cyclic amide) rings is 1. The Balaban J connectivity index is 2.00. The number of ether oxygens (including phenoxy) is 2. The van der Waals surface area contributed by atoms with Gasteiger partial charge < -0.3 is 14.4 Å². The minimum atomic E-state index is -0.540. The molecular weight excluding hydrogens is 270 g/mol. The molecule has 1 atom stereocenters. The fraction of sp³-hybridized carbons (Fsp3) is 0.500. The Bertz CT molecular complexity index is 530. The molecule has 0 bridgehead atoms. The first-order chi connectivity index (χ1) is 9.80. The average Bonchev–Trinajstić information content (AvgIpc) is 2.40. The molecular formula is C16H21NO4. The number of rotatable bonds is 4. The van der Waals surface area contributed by atoms with E-state index in [1.165, 1.54) is 0 Å². The van der Waals surface area contributed by atoms with E-state index in [-0.39, 0.29) is 18.3 Å². The molecule has 0 spiro atoms. The molecule has 1 saturated heterocycles. The molecule has 0 aliphatic carbocycles. The van der Waals surface area contributed by atoms with E-state index < -0.39 is 11.6 Å². The monoisotopic (exact) mass is 291 g/mol. The lowest BCUT2D eigenvalue weighted by atomic mass is 10.00. The van der Waals surface area contributed by atoms with Crippen LogP contribution in [0, 0.1) is 0 Å². The van der Waals surface area contributed by atoms with Crippen molar-refractivity contribution in [2.75, 3.05) is 7.11 Å². The second-order valence-electron chi connectivity index (χ2n) is 6.12. The number of carbonyl (C=O) groups excluding carboxylic acids is 2. The van der Waals surface area contributed by atoms with Crippen LogP contribution in [0.1, 0.15) is 32.8 Å². The first kappa shape index (κ1) is 15.4. The van der Waals surface area contributed by atoms with Crippen molar-refractivity contribution >= 4 is 11.9 Å². The molecule has 1 aromatic rings. The zero-order valence-electron chi connectivity index (χ0n) is 12.9. The molecule has 0 saturated carbocycles. The standard InChI is InChI=1S/C16H21NO4/c1-16(2,3)21-15(19)13-9-14(18)17(13)10-11-5-7-12(20-4)8-6-11/h5-8,13H,9-10H2,1-4H3. The van der Waals surface area contributed by atoms with Gasteiger partial charge in [-0.1, -0.05) is 12.1 Å². The Kier molecular flexibility index (Phi) is 4.21. The highest BCUT2D eigenvalue weighted by Gasteiger charge is 2.43. The number of hydrogen-bond acceptors (Lipinski definition) is 4. The second-order valence-corrected chi connectivity index (χ2v) is 6.12. The highest BCUT2D eigenvalue weighted by Crippen LogP contribution is 2.25. The lowest BCUT2D eigenvalue weighted by molar-refractivity contribution is -0.174. The number of amides is 1. The predicted octanol–water partition coefficient (Wildman–Crippen LogP) is 2.14. The van der Waals surface area contributed by atoms with Gasteiger partial charge in [0.1, 0.15) is 17.4 Å². The minimum Gasteiger partial charge on any atom is -0.497 e. The third-order valence-corrected chi connectivity index (χ3v) is 3.26. The van der Waals surface area contributed by atoms with Gasteiger partial charge in [0.25, 0.3) is 0 Å². The van der Waals surface area contributed by atoms with Crippen molar-refractivity contribution in [2.45, 2.75) is 45.4 Å². The van der Waals surface area contributed by atoms with Crippen molar-refractivity contribution in [1.82, 2.24) is 4.90 Å². The topological polar surface area (TPSA) is 55.8 Å².